The maximum atomic E-state index is 12.2. The number of nitrogens with two attached hydrogens (primary N) is 1. The van der Waals surface area contributed by atoms with Crippen LogP contribution < -0.4 is 15.4 Å². The second-order valence-corrected chi connectivity index (χ2v) is 5.03. The van der Waals surface area contributed by atoms with Gasteiger partial charge in [0.25, 0.3) is 0 Å². The lowest BCUT2D eigenvalue weighted by Crippen LogP contribution is -2.33. The number of anilines is 2. The minimum Gasteiger partial charge on any atom is -0.495 e. The Kier molecular flexibility index (Phi) is 2.77. The monoisotopic (exact) mass is 248 g/mol. The molecule has 0 spiro atoms. The molecule has 1 fully saturated rings. The third-order valence-corrected chi connectivity index (χ3v) is 3.07. The topological polar surface area (TPSA) is 72.6 Å². The number of benzene rings is 1. The second kappa shape index (κ2) is 4.01. The van der Waals surface area contributed by atoms with E-state index in [0.29, 0.717) is 17.1 Å². The standard InChI is InChI=1S/C13H16N2O3/c1-13(2)7-11(16)15(12(13)17)9-6-8(14)4-5-10(9)18-3/h4-6H,7,14H2,1-3H3. The quantitative estimate of drug-likeness (QED) is 0.637. The van der Waals surface area contributed by atoms with Gasteiger partial charge in [0, 0.05) is 12.1 Å². The summed E-state index contributed by atoms with van der Waals surface area (Å²) in [6, 6.07) is 4.89. The number of methoxy groups -OCH3 is 1. The first-order valence-corrected chi connectivity index (χ1v) is 5.68. The molecule has 1 aliphatic heterocycles. The maximum Gasteiger partial charge on any atom is 0.240 e. The van der Waals surface area contributed by atoms with E-state index in [1.807, 2.05) is 0 Å². The van der Waals surface area contributed by atoms with E-state index in [2.05, 4.69) is 0 Å². The van der Waals surface area contributed by atoms with E-state index < -0.39 is 5.41 Å². The first-order valence-electron chi connectivity index (χ1n) is 5.68. The van der Waals surface area contributed by atoms with Gasteiger partial charge in [-0.25, -0.2) is 4.90 Å². The van der Waals surface area contributed by atoms with Crippen molar-refractivity contribution in [2.45, 2.75) is 20.3 Å². The van der Waals surface area contributed by atoms with Crippen LogP contribution in [0, 0.1) is 5.41 Å². The van der Waals surface area contributed by atoms with Gasteiger partial charge < -0.3 is 10.5 Å². The lowest BCUT2D eigenvalue weighted by molar-refractivity contribution is -0.124. The molecule has 2 rings (SSSR count). The summed E-state index contributed by atoms with van der Waals surface area (Å²) in [5, 5.41) is 0. The van der Waals surface area contributed by atoms with Crippen LogP contribution in [0.25, 0.3) is 0 Å². The molecule has 0 radical (unpaired) electrons. The third-order valence-electron chi connectivity index (χ3n) is 3.07. The normalized spacial score (nSPS) is 18.3. The zero-order chi connectivity index (χ0) is 13.5. The fraction of sp³-hybridized carbons (Fsp3) is 0.385. The molecule has 5 nitrogen and oxygen atoms in total. The average Bonchev–Trinajstić information content (AvgIpc) is 2.48. The fourth-order valence-electron chi connectivity index (χ4n) is 2.07. The van der Waals surface area contributed by atoms with Crippen LogP contribution in [-0.2, 0) is 9.59 Å². The van der Waals surface area contributed by atoms with Gasteiger partial charge in [0.05, 0.1) is 18.2 Å². The Hall–Kier alpha value is -2.04. The number of nitrogens with zero attached hydrogens (tertiary/aromatic N) is 1. The number of ether oxygens (including phenoxy) is 1. The van der Waals surface area contributed by atoms with Gasteiger partial charge in [-0.3, -0.25) is 9.59 Å². The van der Waals surface area contributed by atoms with Gasteiger partial charge in [0.15, 0.2) is 0 Å². The molecule has 0 aromatic heterocycles. The van der Waals surface area contributed by atoms with E-state index in [1.54, 1.807) is 32.0 Å². The SMILES string of the molecule is COc1ccc(N)cc1N1C(=O)CC(C)(C)C1=O. The molecule has 1 saturated heterocycles. The van der Waals surface area contributed by atoms with Crippen molar-refractivity contribution in [2.24, 2.45) is 5.41 Å². The molecule has 18 heavy (non-hydrogen) atoms. The maximum absolute atomic E-state index is 12.2. The molecule has 1 heterocycles. The number of nitrogen functional groups attached to an aromatic ring is 1. The summed E-state index contributed by atoms with van der Waals surface area (Å²) in [5.74, 6) is 0.00824. The summed E-state index contributed by atoms with van der Waals surface area (Å²) in [7, 11) is 1.49. The molecule has 5 heteroatoms. The molecule has 1 aromatic carbocycles. The molecule has 0 atom stereocenters. The molecular formula is C13H16N2O3. The smallest absolute Gasteiger partial charge is 0.240 e. The van der Waals surface area contributed by atoms with E-state index >= 15 is 0 Å². The zero-order valence-electron chi connectivity index (χ0n) is 10.7. The summed E-state index contributed by atoms with van der Waals surface area (Å²) in [6.45, 7) is 3.51. The minimum atomic E-state index is -0.674. The van der Waals surface area contributed by atoms with Gasteiger partial charge in [0.1, 0.15) is 5.75 Å². The highest BCUT2D eigenvalue weighted by Crippen LogP contribution is 2.39. The highest BCUT2D eigenvalue weighted by atomic mass is 16.5. The number of hydrogen-bond acceptors (Lipinski definition) is 4. The van der Waals surface area contributed by atoms with Gasteiger partial charge in [-0.05, 0) is 18.2 Å². The average molecular weight is 248 g/mol. The lowest BCUT2D eigenvalue weighted by Gasteiger charge is -2.20. The van der Waals surface area contributed by atoms with E-state index in [1.165, 1.54) is 7.11 Å². The molecule has 1 aliphatic rings. The minimum absolute atomic E-state index is 0.198. The molecule has 0 aliphatic carbocycles. The first-order chi connectivity index (χ1) is 8.36. The molecular weight excluding hydrogens is 232 g/mol. The number of amides is 2. The van der Waals surface area contributed by atoms with Crippen molar-refractivity contribution in [2.75, 3.05) is 17.7 Å². The van der Waals surface area contributed by atoms with E-state index in [4.69, 9.17) is 10.5 Å². The lowest BCUT2D eigenvalue weighted by atomic mass is 9.92. The van der Waals surface area contributed by atoms with Crippen LogP contribution in [0.4, 0.5) is 11.4 Å². The van der Waals surface area contributed by atoms with Crippen molar-refractivity contribution in [1.82, 2.24) is 0 Å². The Morgan fingerprint density at radius 3 is 2.50 bits per heavy atom. The van der Waals surface area contributed by atoms with Crippen LogP contribution in [0.1, 0.15) is 20.3 Å². The highest BCUT2D eigenvalue weighted by molar-refractivity contribution is 6.23. The van der Waals surface area contributed by atoms with E-state index in [0.717, 1.165) is 4.90 Å². The van der Waals surface area contributed by atoms with Gasteiger partial charge >= 0.3 is 0 Å². The number of hydrogen-bond donors (Lipinski definition) is 1. The summed E-state index contributed by atoms with van der Waals surface area (Å²) in [6.07, 6.45) is 0.198. The summed E-state index contributed by atoms with van der Waals surface area (Å²) in [4.78, 5) is 25.4. The Balaban J connectivity index is 2.52. The van der Waals surface area contributed by atoms with Crippen molar-refractivity contribution in [3.63, 3.8) is 0 Å². The van der Waals surface area contributed by atoms with Crippen molar-refractivity contribution in [3.05, 3.63) is 18.2 Å². The number of imide groups is 1. The van der Waals surface area contributed by atoms with Crippen LogP contribution in [0.2, 0.25) is 0 Å². The second-order valence-electron chi connectivity index (χ2n) is 5.03. The largest absolute Gasteiger partial charge is 0.495 e. The third kappa shape index (κ3) is 1.81. The summed E-state index contributed by atoms with van der Waals surface area (Å²) >= 11 is 0. The van der Waals surface area contributed by atoms with Gasteiger partial charge in [-0.2, -0.15) is 0 Å². The van der Waals surface area contributed by atoms with Crippen molar-refractivity contribution < 1.29 is 14.3 Å². The summed E-state index contributed by atoms with van der Waals surface area (Å²) in [5.41, 5.74) is 5.93. The molecule has 0 saturated carbocycles. The summed E-state index contributed by atoms with van der Waals surface area (Å²) < 4.78 is 5.18. The molecule has 1 aromatic rings. The molecule has 0 unspecified atom stereocenters. The van der Waals surface area contributed by atoms with Crippen LogP contribution in [0.5, 0.6) is 5.75 Å². The van der Waals surface area contributed by atoms with Gasteiger partial charge in [-0.1, -0.05) is 13.8 Å². The Morgan fingerprint density at radius 2 is 2.00 bits per heavy atom. The Labute approximate surface area is 106 Å². The highest BCUT2D eigenvalue weighted by Gasteiger charge is 2.46. The molecule has 2 amide bonds. The number of carbonyl (C=O) groups excluding carboxylic acids is 2. The fourth-order valence-corrected chi connectivity index (χ4v) is 2.07. The van der Waals surface area contributed by atoms with Crippen LogP contribution in [-0.4, -0.2) is 18.9 Å². The predicted octanol–water partition coefficient (Wildman–Crippen LogP) is 1.57. The van der Waals surface area contributed by atoms with Crippen molar-refractivity contribution >= 4 is 23.2 Å². The van der Waals surface area contributed by atoms with E-state index in [9.17, 15) is 9.59 Å². The van der Waals surface area contributed by atoms with Crippen molar-refractivity contribution in [1.29, 1.82) is 0 Å². The van der Waals surface area contributed by atoms with Crippen LogP contribution >= 0.6 is 0 Å². The first kappa shape index (κ1) is 12.4. The molecule has 96 valence electrons. The molecule has 0 bridgehead atoms. The Morgan fingerprint density at radius 1 is 1.33 bits per heavy atom. The number of carbonyl (C=O) groups is 2. The Bertz CT molecular complexity index is 523. The predicted molar refractivity (Wildman–Crippen MR) is 68.3 cm³/mol. The van der Waals surface area contributed by atoms with E-state index in [-0.39, 0.29) is 18.2 Å². The van der Waals surface area contributed by atoms with Crippen LogP contribution in [0.3, 0.4) is 0 Å². The number of rotatable bonds is 2. The van der Waals surface area contributed by atoms with Crippen LogP contribution in [0.15, 0.2) is 18.2 Å². The van der Waals surface area contributed by atoms with Gasteiger partial charge in [0.2, 0.25) is 11.8 Å². The zero-order valence-corrected chi connectivity index (χ0v) is 10.7. The molecule has 2 N–H and O–H groups in total. The van der Waals surface area contributed by atoms with Gasteiger partial charge in [-0.15, -0.1) is 0 Å². The van der Waals surface area contributed by atoms with Crippen molar-refractivity contribution in [3.8, 4) is 5.75 Å².